The number of nitro benzene ring substituents is 1. The van der Waals surface area contributed by atoms with Crippen molar-refractivity contribution in [2.45, 2.75) is 24.7 Å². The summed E-state index contributed by atoms with van der Waals surface area (Å²) >= 11 is 3.18. The maximum absolute atomic E-state index is 10.8. The highest BCUT2D eigenvalue weighted by molar-refractivity contribution is 9.10. The average molecular weight is 317 g/mol. The summed E-state index contributed by atoms with van der Waals surface area (Å²) in [6.45, 7) is 0. The van der Waals surface area contributed by atoms with Crippen LogP contribution in [0.15, 0.2) is 22.7 Å². The predicted molar refractivity (Wildman–Crippen MR) is 68.6 cm³/mol. The van der Waals surface area contributed by atoms with Gasteiger partial charge in [0, 0.05) is 25.6 Å². The molecule has 2 rings (SSSR count). The second-order valence-electron chi connectivity index (χ2n) is 4.10. The van der Waals surface area contributed by atoms with Crippen molar-refractivity contribution in [3.63, 3.8) is 0 Å². The molecule has 7 heteroatoms. The Hall–Kier alpha value is -1.18. The monoisotopic (exact) mass is 316 g/mol. The van der Waals surface area contributed by atoms with Gasteiger partial charge in [0.15, 0.2) is 0 Å². The zero-order chi connectivity index (χ0) is 13.3. The van der Waals surface area contributed by atoms with E-state index in [2.05, 4.69) is 15.9 Å². The van der Waals surface area contributed by atoms with Crippen molar-refractivity contribution < 1.29 is 14.4 Å². The molecule has 0 amide bonds. The minimum absolute atomic E-state index is 0.0231. The number of methoxy groups -OCH3 is 1. The van der Waals surface area contributed by atoms with E-state index in [9.17, 15) is 10.1 Å². The summed E-state index contributed by atoms with van der Waals surface area (Å²) in [5.74, 6) is 0.433. The molecule has 0 radical (unpaired) electrons. The molecule has 0 spiro atoms. The van der Waals surface area contributed by atoms with E-state index in [1.165, 1.54) is 6.07 Å². The maximum atomic E-state index is 10.8. The Labute approximate surface area is 112 Å². The summed E-state index contributed by atoms with van der Waals surface area (Å²) in [4.78, 5) is 10.3. The Morgan fingerprint density at radius 3 is 2.83 bits per heavy atom. The van der Waals surface area contributed by atoms with Crippen LogP contribution < -0.4 is 10.5 Å². The number of nitrogens with two attached hydrogens (primary N) is 1. The van der Waals surface area contributed by atoms with Gasteiger partial charge in [-0.25, -0.2) is 0 Å². The third-order valence-electron chi connectivity index (χ3n) is 2.98. The second kappa shape index (κ2) is 5.21. The molecule has 3 atom stereocenters. The van der Waals surface area contributed by atoms with Gasteiger partial charge in [-0.1, -0.05) is 6.07 Å². The molecule has 1 fully saturated rings. The molecule has 1 aromatic rings. The van der Waals surface area contributed by atoms with Crippen LogP contribution in [0, 0.1) is 10.1 Å². The standard InChI is InChI=1S/C11H13BrN2O4/c1-17-11-6(13)5-9(11)18-8-4-2-3-7(10(8)12)14(15)16/h2-4,6,9,11H,5,13H2,1H3. The van der Waals surface area contributed by atoms with Crippen molar-refractivity contribution >= 4 is 21.6 Å². The molecular formula is C11H13BrN2O4. The van der Waals surface area contributed by atoms with Crippen molar-refractivity contribution in [3.05, 3.63) is 32.8 Å². The van der Waals surface area contributed by atoms with Crippen molar-refractivity contribution in [1.29, 1.82) is 0 Å². The fraction of sp³-hybridized carbons (Fsp3) is 0.455. The molecule has 98 valence electrons. The molecule has 1 aromatic carbocycles. The molecule has 1 aliphatic carbocycles. The van der Waals surface area contributed by atoms with Crippen LogP contribution in [0.25, 0.3) is 0 Å². The molecule has 18 heavy (non-hydrogen) atoms. The Bertz CT molecular complexity index is 468. The Morgan fingerprint density at radius 2 is 2.28 bits per heavy atom. The maximum Gasteiger partial charge on any atom is 0.287 e. The first-order valence-corrected chi connectivity index (χ1v) is 6.22. The first-order chi connectivity index (χ1) is 8.54. The van der Waals surface area contributed by atoms with E-state index in [0.29, 0.717) is 16.6 Å². The zero-order valence-electron chi connectivity index (χ0n) is 9.71. The van der Waals surface area contributed by atoms with Gasteiger partial charge in [-0.2, -0.15) is 0 Å². The lowest BCUT2D eigenvalue weighted by molar-refractivity contribution is -0.385. The summed E-state index contributed by atoms with van der Waals surface area (Å²) in [5.41, 5.74) is 5.75. The van der Waals surface area contributed by atoms with Crippen LogP contribution in [0.5, 0.6) is 5.75 Å². The predicted octanol–water partition coefficient (Wildman–Crippen LogP) is 1.85. The first-order valence-electron chi connectivity index (χ1n) is 5.42. The van der Waals surface area contributed by atoms with E-state index >= 15 is 0 Å². The Morgan fingerprint density at radius 1 is 1.56 bits per heavy atom. The number of hydrogen-bond donors (Lipinski definition) is 1. The fourth-order valence-corrected chi connectivity index (χ4v) is 2.45. The van der Waals surface area contributed by atoms with Crippen LogP contribution >= 0.6 is 15.9 Å². The number of benzene rings is 1. The molecule has 6 nitrogen and oxygen atoms in total. The van der Waals surface area contributed by atoms with Crippen molar-refractivity contribution in [2.75, 3.05) is 7.11 Å². The van der Waals surface area contributed by atoms with Crippen LogP contribution in [0.1, 0.15) is 6.42 Å². The molecule has 3 unspecified atom stereocenters. The van der Waals surface area contributed by atoms with Crippen LogP contribution in [0.4, 0.5) is 5.69 Å². The fourth-order valence-electron chi connectivity index (χ4n) is 1.95. The normalized spacial score (nSPS) is 26.5. The SMILES string of the molecule is COC1C(N)CC1Oc1cccc([N+](=O)[O-])c1Br. The molecule has 0 aromatic heterocycles. The van der Waals surface area contributed by atoms with Crippen molar-refractivity contribution in [1.82, 2.24) is 0 Å². The van der Waals surface area contributed by atoms with Gasteiger partial charge in [-0.15, -0.1) is 0 Å². The molecule has 1 aliphatic rings. The summed E-state index contributed by atoms with van der Waals surface area (Å²) < 4.78 is 11.2. The Kier molecular flexibility index (Phi) is 3.84. The molecular weight excluding hydrogens is 304 g/mol. The lowest BCUT2D eigenvalue weighted by atomic mass is 9.86. The molecule has 0 heterocycles. The number of hydrogen-bond acceptors (Lipinski definition) is 5. The second-order valence-corrected chi connectivity index (χ2v) is 4.90. The number of nitro groups is 1. The van der Waals surface area contributed by atoms with Gasteiger partial charge < -0.3 is 15.2 Å². The first kappa shape index (κ1) is 13.3. The quantitative estimate of drug-likeness (QED) is 0.676. The average Bonchev–Trinajstić information content (AvgIpc) is 2.30. The van der Waals surface area contributed by atoms with E-state index in [4.69, 9.17) is 15.2 Å². The molecule has 2 N–H and O–H groups in total. The highest BCUT2D eigenvalue weighted by Gasteiger charge is 2.41. The molecule has 0 saturated heterocycles. The minimum atomic E-state index is -0.461. The number of nitrogens with zero attached hydrogens (tertiary/aromatic N) is 1. The highest BCUT2D eigenvalue weighted by atomic mass is 79.9. The summed E-state index contributed by atoms with van der Waals surface area (Å²) in [6, 6.07) is 4.63. The molecule has 0 bridgehead atoms. The van der Waals surface area contributed by atoms with Crippen LogP contribution in [-0.2, 0) is 4.74 Å². The van der Waals surface area contributed by atoms with Gasteiger partial charge in [0.2, 0.25) is 0 Å². The van der Waals surface area contributed by atoms with Crippen molar-refractivity contribution in [2.24, 2.45) is 5.73 Å². The van der Waals surface area contributed by atoms with Gasteiger partial charge in [0.25, 0.3) is 5.69 Å². The smallest absolute Gasteiger partial charge is 0.287 e. The topological polar surface area (TPSA) is 87.6 Å². The van der Waals surface area contributed by atoms with Gasteiger partial charge in [-0.05, 0) is 22.0 Å². The van der Waals surface area contributed by atoms with E-state index in [-0.39, 0.29) is 23.9 Å². The van der Waals surface area contributed by atoms with Crippen LogP contribution in [0.3, 0.4) is 0 Å². The van der Waals surface area contributed by atoms with E-state index in [1.54, 1.807) is 19.2 Å². The largest absolute Gasteiger partial charge is 0.486 e. The number of ether oxygens (including phenoxy) is 2. The summed E-state index contributed by atoms with van der Waals surface area (Å²) in [7, 11) is 1.57. The highest BCUT2D eigenvalue weighted by Crippen LogP contribution is 2.36. The van der Waals surface area contributed by atoms with E-state index in [0.717, 1.165) is 0 Å². The summed E-state index contributed by atoms with van der Waals surface area (Å²) in [6.07, 6.45) is 0.340. The van der Waals surface area contributed by atoms with E-state index in [1.807, 2.05) is 0 Å². The van der Waals surface area contributed by atoms with Crippen LogP contribution in [0.2, 0.25) is 0 Å². The van der Waals surface area contributed by atoms with Crippen molar-refractivity contribution in [3.8, 4) is 5.75 Å². The van der Waals surface area contributed by atoms with Gasteiger partial charge in [-0.3, -0.25) is 10.1 Å². The van der Waals surface area contributed by atoms with Gasteiger partial charge in [0.1, 0.15) is 22.4 Å². The third kappa shape index (κ3) is 2.33. The minimum Gasteiger partial charge on any atom is -0.486 e. The lowest BCUT2D eigenvalue weighted by Crippen LogP contribution is -2.59. The third-order valence-corrected chi connectivity index (χ3v) is 3.78. The summed E-state index contributed by atoms with van der Waals surface area (Å²) in [5, 5.41) is 10.8. The van der Waals surface area contributed by atoms with Gasteiger partial charge >= 0.3 is 0 Å². The van der Waals surface area contributed by atoms with Crippen LogP contribution in [-0.4, -0.2) is 30.3 Å². The van der Waals surface area contributed by atoms with Gasteiger partial charge in [0.05, 0.1) is 4.92 Å². The number of rotatable bonds is 4. The lowest BCUT2D eigenvalue weighted by Gasteiger charge is -2.41. The number of halogens is 1. The zero-order valence-corrected chi connectivity index (χ0v) is 11.3. The molecule has 0 aliphatic heterocycles. The Balaban J connectivity index is 2.15. The van der Waals surface area contributed by atoms with E-state index < -0.39 is 4.92 Å². The molecule has 1 saturated carbocycles.